The van der Waals surface area contributed by atoms with Crippen molar-refractivity contribution in [3.8, 4) is 0 Å². The molecule has 0 radical (unpaired) electrons. The molecular weight excluding hydrogens is 304 g/mol. The zero-order chi connectivity index (χ0) is 17.3. The van der Waals surface area contributed by atoms with Crippen LogP contribution in [0.1, 0.15) is 57.8 Å². The lowest BCUT2D eigenvalue weighted by Gasteiger charge is -2.36. The van der Waals surface area contributed by atoms with Crippen molar-refractivity contribution in [3.05, 3.63) is 17.5 Å². The minimum atomic E-state index is -0.00751. The SMILES string of the molecule is CC(C)C(=O)N[C@H]1CCCc2nc(N3C[C@@H](C)O[C@@H](C)C3)ncc21. The zero-order valence-electron chi connectivity index (χ0n) is 15.1. The fourth-order valence-electron chi connectivity index (χ4n) is 3.52. The number of fused-ring (bicyclic) bond motifs is 1. The summed E-state index contributed by atoms with van der Waals surface area (Å²) in [5.41, 5.74) is 2.15. The second-order valence-corrected chi connectivity index (χ2v) is 7.34. The van der Waals surface area contributed by atoms with Gasteiger partial charge in [-0.2, -0.15) is 0 Å². The molecule has 0 saturated carbocycles. The van der Waals surface area contributed by atoms with Crippen LogP contribution in [0.3, 0.4) is 0 Å². The third-order valence-corrected chi connectivity index (χ3v) is 4.71. The quantitative estimate of drug-likeness (QED) is 0.919. The lowest BCUT2D eigenvalue weighted by molar-refractivity contribution is -0.124. The smallest absolute Gasteiger partial charge is 0.225 e. The van der Waals surface area contributed by atoms with E-state index in [1.165, 1.54) is 0 Å². The summed E-state index contributed by atoms with van der Waals surface area (Å²) in [7, 11) is 0. The van der Waals surface area contributed by atoms with Crippen molar-refractivity contribution in [3.63, 3.8) is 0 Å². The summed E-state index contributed by atoms with van der Waals surface area (Å²) in [6.45, 7) is 9.63. The van der Waals surface area contributed by atoms with Crippen LogP contribution in [0.4, 0.5) is 5.95 Å². The molecule has 3 atom stereocenters. The van der Waals surface area contributed by atoms with E-state index >= 15 is 0 Å². The number of nitrogens with zero attached hydrogens (tertiary/aromatic N) is 3. The Labute approximate surface area is 144 Å². The Bertz CT molecular complexity index is 595. The molecule has 1 N–H and O–H groups in total. The fourth-order valence-corrected chi connectivity index (χ4v) is 3.52. The van der Waals surface area contributed by atoms with Gasteiger partial charge in [-0.05, 0) is 33.1 Å². The number of hydrogen-bond donors (Lipinski definition) is 1. The molecule has 1 amide bonds. The van der Waals surface area contributed by atoms with Crippen LogP contribution in [-0.4, -0.2) is 41.2 Å². The van der Waals surface area contributed by atoms with E-state index in [4.69, 9.17) is 9.72 Å². The topological polar surface area (TPSA) is 67.4 Å². The van der Waals surface area contributed by atoms with Gasteiger partial charge in [-0.3, -0.25) is 4.79 Å². The molecule has 6 nitrogen and oxygen atoms in total. The third-order valence-electron chi connectivity index (χ3n) is 4.71. The van der Waals surface area contributed by atoms with Crippen LogP contribution in [0.2, 0.25) is 0 Å². The molecule has 2 heterocycles. The molecular formula is C18H28N4O2. The summed E-state index contributed by atoms with van der Waals surface area (Å²) in [6.07, 6.45) is 5.24. The lowest BCUT2D eigenvalue weighted by Crippen LogP contribution is -2.46. The lowest BCUT2D eigenvalue weighted by atomic mass is 9.92. The van der Waals surface area contributed by atoms with E-state index in [0.29, 0.717) is 0 Å². The van der Waals surface area contributed by atoms with Crippen LogP contribution in [0, 0.1) is 5.92 Å². The first-order valence-corrected chi connectivity index (χ1v) is 9.00. The number of carbonyl (C=O) groups is 1. The number of anilines is 1. The molecule has 1 aliphatic carbocycles. The predicted molar refractivity (Wildman–Crippen MR) is 92.9 cm³/mol. The first kappa shape index (κ1) is 17.1. The van der Waals surface area contributed by atoms with E-state index in [2.05, 4.69) is 29.0 Å². The van der Waals surface area contributed by atoms with Crippen LogP contribution >= 0.6 is 0 Å². The molecule has 132 valence electrons. The van der Waals surface area contributed by atoms with Crippen LogP contribution in [0.25, 0.3) is 0 Å². The maximum atomic E-state index is 12.0. The minimum Gasteiger partial charge on any atom is -0.372 e. The highest BCUT2D eigenvalue weighted by atomic mass is 16.5. The minimum absolute atomic E-state index is 0.00751. The third kappa shape index (κ3) is 3.69. The molecule has 2 aliphatic rings. The molecule has 1 aliphatic heterocycles. The van der Waals surface area contributed by atoms with Gasteiger partial charge in [-0.1, -0.05) is 13.8 Å². The zero-order valence-corrected chi connectivity index (χ0v) is 15.1. The summed E-state index contributed by atoms with van der Waals surface area (Å²) in [6, 6.07) is 0.0419. The van der Waals surface area contributed by atoms with Crippen molar-refractivity contribution in [2.75, 3.05) is 18.0 Å². The van der Waals surface area contributed by atoms with Gasteiger partial charge >= 0.3 is 0 Å². The van der Waals surface area contributed by atoms with Gasteiger partial charge in [0.25, 0.3) is 0 Å². The number of morpholine rings is 1. The molecule has 3 rings (SSSR count). The van der Waals surface area contributed by atoms with Gasteiger partial charge in [-0.25, -0.2) is 9.97 Å². The van der Waals surface area contributed by atoms with Gasteiger partial charge in [0, 0.05) is 30.8 Å². The van der Waals surface area contributed by atoms with Crippen molar-refractivity contribution in [1.82, 2.24) is 15.3 Å². The first-order valence-electron chi connectivity index (χ1n) is 9.00. The van der Waals surface area contributed by atoms with Gasteiger partial charge in [0.2, 0.25) is 11.9 Å². The van der Waals surface area contributed by atoms with E-state index in [0.717, 1.165) is 49.6 Å². The van der Waals surface area contributed by atoms with Crippen LogP contribution in [-0.2, 0) is 16.0 Å². The van der Waals surface area contributed by atoms with Gasteiger partial charge in [0.15, 0.2) is 0 Å². The number of aryl methyl sites for hydroxylation is 1. The van der Waals surface area contributed by atoms with E-state index in [9.17, 15) is 4.79 Å². The Hall–Kier alpha value is -1.69. The molecule has 0 aromatic carbocycles. The normalized spacial score (nSPS) is 27.0. The monoisotopic (exact) mass is 332 g/mol. The molecule has 24 heavy (non-hydrogen) atoms. The van der Waals surface area contributed by atoms with Crippen molar-refractivity contribution >= 4 is 11.9 Å². The van der Waals surface area contributed by atoms with E-state index in [-0.39, 0.29) is 30.1 Å². The van der Waals surface area contributed by atoms with E-state index in [1.807, 2.05) is 20.0 Å². The number of amides is 1. The molecule has 0 unspecified atom stereocenters. The number of aromatic nitrogens is 2. The Balaban J connectivity index is 1.79. The van der Waals surface area contributed by atoms with Gasteiger partial charge < -0.3 is 15.0 Å². The maximum absolute atomic E-state index is 12.0. The number of ether oxygens (including phenoxy) is 1. The van der Waals surface area contributed by atoms with Crippen LogP contribution < -0.4 is 10.2 Å². The average molecular weight is 332 g/mol. The number of nitrogens with one attached hydrogen (secondary N) is 1. The molecule has 0 bridgehead atoms. The standard InChI is InChI=1S/C18H28N4O2/c1-11(2)17(23)20-15-6-5-7-16-14(15)8-19-18(21-16)22-9-12(3)24-13(4)10-22/h8,11-13,15H,5-7,9-10H2,1-4H3,(H,20,23)/t12-,13+,15-/m0/s1. The summed E-state index contributed by atoms with van der Waals surface area (Å²) in [5, 5.41) is 3.14. The molecule has 6 heteroatoms. The number of rotatable bonds is 3. The highest BCUT2D eigenvalue weighted by Gasteiger charge is 2.28. The Kier molecular flexibility index (Phi) is 5.04. The fraction of sp³-hybridized carbons (Fsp3) is 0.722. The Morgan fingerprint density at radius 3 is 2.71 bits per heavy atom. The van der Waals surface area contributed by atoms with Gasteiger partial charge in [0.05, 0.1) is 23.9 Å². The van der Waals surface area contributed by atoms with Crippen molar-refractivity contribution in [2.45, 2.75) is 65.2 Å². The molecule has 1 aromatic heterocycles. The second kappa shape index (κ2) is 7.05. The Morgan fingerprint density at radius 2 is 2.04 bits per heavy atom. The Morgan fingerprint density at radius 1 is 1.33 bits per heavy atom. The molecule has 1 fully saturated rings. The summed E-state index contributed by atoms with van der Waals surface area (Å²) in [5.74, 6) is 0.867. The van der Waals surface area contributed by atoms with E-state index in [1.54, 1.807) is 0 Å². The van der Waals surface area contributed by atoms with Crippen molar-refractivity contribution in [2.24, 2.45) is 5.92 Å². The first-order chi connectivity index (χ1) is 11.4. The van der Waals surface area contributed by atoms with Crippen LogP contribution in [0.15, 0.2) is 6.20 Å². The van der Waals surface area contributed by atoms with Crippen molar-refractivity contribution < 1.29 is 9.53 Å². The largest absolute Gasteiger partial charge is 0.372 e. The number of hydrogen-bond acceptors (Lipinski definition) is 5. The summed E-state index contributed by atoms with van der Waals surface area (Å²) >= 11 is 0. The van der Waals surface area contributed by atoms with Gasteiger partial charge in [0.1, 0.15) is 0 Å². The highest BCUT2D eigenvalue weighted by Crippen LogP contribution is 2.30. The maximum Gasteiger partial charge on any atom is 0.225 e. The predicted octanol–water partition coefficient (Wildman–Crippen LogP) is 2.24. The van der Waals surface area contributed by atoms with Gasteiger partial charge in [-0.15, -0.1) is 0 Å². The van der Waals surface area contributed by atoms with E-state index < -0.39 is 0 Å². The molecule has 0 spiro atoms. The summed E-state index contributed by atoms with van der Waals surface area (Å²) < 4.78 is 5.79. The second-order valence-electron chi connectivity index (χ2n) is 7.34. The highest BCUT2D eigenvalue weighted by molar-refractivity contribution is 5.78. The van der Waals surface area contributed by atoms with Crippen LogP contribution in [0.5, 0.6) is 0 Å². The average Bonchev–Trinajstić information content (AvgIpc) is 2.53. The van der Waals surface area contributed by atoms with Crippen molar-refractivity contribution in [1.29, 1.82) is 0 Å². The molecule has 1 saturated heterocycles. The number of carbonyl (C=O) groups excluding carboxylic acids is 1. The summed E-state index contributed by atoms with van der Waals surface area (Å²) in [4.78, 5) is 23.6. The molecule has 1 aromatic rings.